The molecule has 2 amide bonds. The Hall–Kier alpha value is -1.63. The van der Waals surface area contributed by atoms with Gasteiger partial charge in [-0.2, -0.15) is 0 Å². The predicted molar refractivity (Wildman–Crippen MR) is 91.4 cm³/mol. The number of carbonyl (C=O) groups is 2. The zero-order valence-electron chi connectivity index (χ0n) is 13.3. The van der Waals surface area contributed by atoms with Crippen molar-refractivity contribution in [2.24, 2.45) is 5.92 Å². The number of aliphatic hydroxyl groups is 1. The van der Waals surface area contributed by atoms with Crippen LogP contribution in [0.4, 0.5) is 5.69 Å². The van der Waals surface area contributed by atoms with Gasteiger partial charge in [0.15, 0.2) is 0 Å². The highest BCUT2D eigenvalue weighted by atomic mass is 35.5. The average molecular weight is 342 g/mol. The quantitative estimate of drug-likeness (QED) is 0.644. The van der Waals surface area contributed by atoms with Crippen LogP contribution in [0.3, 0.4) is 0 Å². The second-order valence-electron chi connectivity index (χ2n) is 5.91. The van der Waals surface area contributed by atoms with E-state index in [2.05, 4.69) is 16.0 Å². The molecule has 128 valence electrons. The third kappa shape index (κ3) is 5.82. The summed E-state index contributed by atoms with van der Waals surface area (Å²) in [6.07, 6.45) is 0.00559. The zero-order chi connectivity index (χ0) is 16.1. The van der Waals surface area contributed by atoms with Gasteiger partial charge in [0.1, 0.15) is 0 Å². The zero-order valence-corrected chi connectivity index (χ0v) is 14.2. The molecular formula is C16H24ClN3O3. The minimum atomic E-state index is -0.445. The van der Waals surface area contributed by atoms with Gasteiger partial charge in [0.2, 0.25) is 11.8 Å². The number of nitrogens with one attached hydrogen (secondary N) is 3. The van der Waals surface area contributed by atoms with E-state index in [0.29, 0.717) is 19.5 Å². The number of aliphatic hydroxyl groups excluding tert-OH is 1. The van der Waals surface area contributed by atoms with Crippen molar-refractivity contribution in [2.75, 3.05) is 11.9 Å². The Balaban J connectivity index is 0.00000264. The SMILES string of the molecule is CC(C)C(=O)Nc1ccc(CNC(=O)C2CC(O)CN2)cc1.Cl. The van der Waals surface area contributed by atoms with Gasteiger partial charge in [0.05, 0.1) is 12.1 Å². The summed E-state index contributed by atoms with van der Waals surface area (Å²) >= 11 is 0. The van der Waals surface area contributed by atoms with E-state index in [-0.39, 0.29) is 36.2 Å². The molecule has 0 saturated carbocycles. The van der Waals surface area contributed by atoms with Gasteiger partial charge in [0, 0.05) is 24.7 Å². The molecule has 2 atom stereocenters. The van der Waals surface area contributed by atoms with Gasteiger partial charge in [-0.05, 0) is 24.1 Å². The van der Waals surface area contributed by atoms with Crippen molar-refractivity contribution in [3.63, 3.8) is 0 Å². The molecule has 1 fully saturated rings. The summed E-state index contributed by atoms with van der Waals surface area (Å²) in [4.78, 5) is 23.5. The number of benzene rings is 1. The molecule has 0 aliphatic carbocycles. The Bertz CT molecular complexity index is 534. The molecule has 4 N–H and O–H groups in total. The number of amides is 2. The monoisotopic (exact) mass is 341 g/mol. The Kier molecular flexibility index (Phi) is 7.48. The molecule has 1 aromatic rings. The average Bonchev–Trinajstić information content (AvgIpc) is 2.92. The second-order valence-corrected chi connectivity index (χ2v) is 5.91. The van der Waals surface area contributed by atoms with Crippen LogP contribution in [0.15, 0.2) is 24.3 Å². The molecule has 7 heteroatoms. The molecular weight excluding hydrogens is 318 g/mol. The van der Waals surface area contributed by atoms with Crippen LogP contribution < -0.4 is 16.0 Å². The van der Waals surface area contributed by atoms with E-state index >= 15 is 0 Å². The van der Waals surface area contributed by atoms with Gasteiger partial charge >= 0.3 is 0 Å². The molecule has 0 spiro atoms. The standard InChI is InChI=1S/C16H23N3O3.ClH/c1-10(2)15(21)19-12-5-3-11(4-6-12)8-18-16(22)14-7-13(20)9-17-14;/h3-6,10,13-14,17,20H,7-9H2,1-2H3,(H,18,22)(H,19,21);1H. The molecule has 0 aromatic heterocycles. The number of carbonyl (C=O) groups excluding carboxylic acids is 2. The lowest BCUT2D eigenvalue weighted by atomic mass is 10.1. The summed E-state index contributed by atoms with van der Waals surface area (Å²) in [5, 5.41) is 18.0. The van der Waals surface area contributed by atoms with Crippen molar-refractivity contribution >= 4 is 29.9 Å². The smallest absolute Gasteiger partial charge is 0.237 e. The summed E-state index contributed by atoms with van der Waals surface area (Å²) in [5.74, 6) is -0.186. The van der Waals surface area contributed by atoms with Crippen molar-refractivity contribution in [1.29, 1.82) is 0 Å². The second kappa shape index (κ2) is 8.86. The molecule has 6 nitrogen and oxygen atoms in total. The third-order valence-corrected chi connectivity index (χ3v) is 3.64. The molecule has 2 unspecified atom stereocenters. The molecule has 1 aromatic carbocycles. The van der Waals surface area contributed by atoms with E-state index in [0.717, 1.165) is 11.3 Å². The van der Waals surface area contributed by atoms with Crippen LogP contribution in [0.5, 0.6) is 0 Å². The Morgan fingerprint density at radius 2 is 1.96 bits per heavy atom. The predicted octanol–water partition coefficient (Wildman–Crippen LogP) is 1.04. The lowest BCUT2D eigenvalue weighted by molar-refractivity contribution is -0.123. The van der Waals surface area contributed by atoms with Crippen molar-refractivity contribution in [3.05, 3.63) is 29.8 Å². The summed E-state index contributed by atoms with van der Waals surface area (Å²) < 4.78 is 0. The highest BCUT2D eigenvalue weighted by Gasteiger charge is 2.27. The van der Waals surface area contributed by atoms with Gasteiger partial charge < -0.3 is 21.1 Å². The number of rotatable bonds is 5. The molecule has 23 heavy (non-hydrogen) atoms. The third-order valence-electron chi connectivity index (χ3n) is 3.64. The van der Waals surface area contributed by atoms with E-state index in [1.54, 1.807) is 0 Å². The van der Waals surface area contributed by atoms with Crippen LogP contribution in [-0.2, 0) is 16.1 Å². The van der Waals surface area contributed by atoms with Crippen LogP contribution in [0.1, 0.15) is 25.8 Å². The van der Waals surface area contributed by atoms with E-state index in [4.69, 9.17) is 0 Å². The first-order valence-corrected chi connectivity index (χ1v) is 7.54. The van der Waals surface area contributed by atoms with E-state index in [1.807, 2.05) is 38.1 Å². The fourth-order valence-electron chi connectivity index (χ4n) is 2.22. The topological polar surface area (TPSA) is 90.5 Å². The molecule has 1 heterocycles. The number of β-amino-alcohol motifs (C(OH)–C–C–N with tert-alkyl or cyclic N) is 1. The Labute approximate surface area is 142 Å². The largest absolute Gasteiger partial charge is 0.392 e. The minimum absolute atomic E-state index is 0. The van der Waals surface area contributed by atoms with Crippen LogP contribution in [0.25, 0.3) is 0 Å². The maximum absolute atomic E-state index is 11.9. The van der Waals surface area contributed by atoms with Crippen LogP contribution in [-0.4, -0.2) is 35.6 Å². The molecule has 0 radical (unpaired) electrons. The Morgan fingerprint density at radius 1 is 1.30 bits per heavy atom. The minimum Gasteiger partial charge on any atom is -0.392 e. The normalized spacial score (nSPS) is 20.0. The molecule has 2 rings (SSSR count). The van der Waals surface area contributed by atoms with Crippen molar-refractivity contribution in [3.8, 4) is 0 Å². The van der Waals surface area contributed by atoms with E-state index in [9.17, 15) is 14.7 Å². The number of anilines is 1. The van der Waals surface area contributed by atoms with Crippen molar-refractivity contribution < 1.29 is 14.7 Å². The first-order valence-electron chi connectivity index (χ1n) is 7.54. The van der Waals surface area contributed by atoms with E-state index < -0.39 is 6.10 Å². The number of hydrogen-bond acceptors (Lipinski definition) is 4. The molecule has 1 aliphatic heterocycles. The highest BCUT2D eigenvalue weighted by molar-refractivity contribution is 5.92. The lowest BCUT2D eigenvalue weighted by Gasteiger charge is -2.12. The summed E-state index contributed by atoms with van der Waals surface area (Å²) in [6.45, 7) is 4.56. The van der Waals surface area contributed by atoms with Crippen LogP contribution in [0.2, 0.25) is 0 Å². The number of halogens is 1. The lowest BCUT2D eigenvalue weighted by Crippen LogP contribution is -2.39. The van der Waals surface area contributed by atoms with Gasteiger partial charge in [-0.1, -0.05) is 26.0 Å². The fraction of sp³-hybridized carbons (Fsp3) is 0.500. The van der Waals surface area contributed by atoms with Gasteiger partial charge in [-0.25, -0.2) is 0 Å². The van der Waals surface area contributed by atoms with E-state index in [1.165, 1.54) is 0 Å². The van der Waals surface area contributed by atoms with Crippen LogP contribution >= 0.6 is 12.4 Å². The maximum atomic E-state index is 11.9. The van der Waals surface area contributed by atoms with Gasteiger partial charge in [-0.15, -0.1) is 12.4 Å². The first kappa shape index (κ1) is 19.4. The Morgan fingerprint density at radius 3 is 2.48 bits per heavy atom. The molecule has 1 aliphatic rings. The van der Waals surface area contributed by atoms with Crippen molar-refractivity contribution in [2.45, 2.75) is 39.0 Å². The summed E-state index contributed by atoms with van der Waals surface area (Å²) in [7, 11) is 0. The molecule has 0 bridgehead atoms. The highest BCUT2D eigenvalue weighted by Crippen LogP contribution is 2.11. The van der Waals surface area contributed by atoms with Gasteiger partial charge in [-0.3, -0.25) is 9.59 Å². The van der Waals surface area contributed by atoms with Crippen LogP contribution in [0, 0.1) is 5.92 Å². The summed E-state index contributed by atoms with van der Waals surface area (Å²) in [6, 6.07) is 7.05. The van der Waals surface area contributed by atoms with Crippen molar-refractivity contribution in [1.82, 2.24) is 10.6 Å². The van der Waals surface area contributed by atoms with Gasteiger partial charge in [0.25, 0.3) is 0 Å². The number of hydrogen-bond donors (Lipinski definition) is 4. The fourth-order valence-corrected chi connectivity index (χ4v) is 2.22. The maximum Gasteiger partial charge on any atom is 0.237 e. The molecule has 1 saturated heterocycles. The first-order chi connectivity index (χ1) is 10.5. The summed E-state index contributed by atoms with van der Waals surface area (Å²) in [5.41, 5.74) is 1.70.